The van der Waals surface area contributed by atoms with E-state index < -0.39 is 0 Å². The second-order valence-electron chi connectivity index (χ2n) is 4.66. The van der Waals surface area contributed by atoms with Gasteiger partial charge in [-0.15, -0.1) is 0 Å². The van der Waals surface area contributed by atoms with Gasteiger partial charge in [0.2, 0.25) is 0 Å². The molecule has 3 rings (SSSR count). The summed E-state index contributed by atoms with van der Waals surface area (Å²) in [6.45, 7) is 4.12. The molecule has 0 bridgehead atoms. The topological polar surface area (TPSA) is 47.3 Å². The van der Waals surface area contributed by atoms with Crippen LogP contribution in [0.15, 0.2) is 22.6 Å². The zero-order valence-electron chi connectivity index (χ0n) is 10.6. The maximum Gasteiger partial charge on any atom is 0.195 e. The van der Waals surface area contributed by atoms with Crippen molar-refractivity contribution in [3.63, 3.8) is 0 Å². The van der Waals surface area contributed by atoms with Crippen LogP contribution in [0.25, 0.3) is 11.1 Å². The first kappa shape index (κ1) is 11.5. The molecule has 1 aliphatic rings. The summed E-state index contributed by atoms with van der Waals surface area (Å²) in [5.74, 6) is 1.68. The number of aryl methyl sites for hydroxylation is 1. The molecule has 0 atom stereocenters. The highest BCUT2D eigenvalue weighted by molar-refractivity contribution is 5.74. The van der Waals surface area contributed by atoms with Gasteiger partial charge in [0.1, 0.15) is 17.4 Å². The van der Waals surface area contributed by atoms with Gasteiger partial charge in [0, 0.05) is 12.5 Å². The number of nitrogens with one attached hydrogen (secondary N) is 1. The fourth-order valence-corrected chi connectivity index (χ4v) is 2.29. The number of oxazole rings is 1. The van der Waals surface area contributed by atoms with E-state index in [-0.39, 0.29) is 0 Å². The van der Waals surface area contributed by atoms with Gasteiger partial charge >= 0.3 is 0 Å². The Morgan fingerprint density at radius 1 is 1.39 bits per heavy atom. The van der Waals surface area contributed by atoms with Crippen LogP contribution in [0.5, 0.6) is 5.75 Å². The first-order chi connectivity index (χ1) is 8.85. The zero-order chi connectivity index (χ0) is 12.4. The normalized spacial score (nSPS) is 17.2. The van der Waals surface area contributed by atoms with Gasteiger partial charge in [-0.2, -0.15) is 0 Å². The molecule has 4 nitrogen and oxygen atoms in total. The first-order valence-electron chi connectivity index (χ1n) is 6.62. The van der Waals surface area contributed by atoms with Crippen LogP contribution >= 0.6 is 0 Å². The van der Waals surface area contributed by atoms with Crippen LogP contribution in [0, 0.1) is 0 Å². The first-order valence-corrected chi connectivity index (χ1v) is 6.62. The van der Waals surface area contributed by atoms with Crippen LogP contribution in [0.2, 0.25) is 0 Å². The van der Waals surface area contributed by atoms with Gasteiger partial charge in [0.25, 0.3) is 0 Å². The van der Waals surface area contributed by atoms with Crippen molar-refractivity contribution in [2.24, 2.45) is 0 Å². The van der Waals surface area contributed by atoms with Crippen molar-refractivity contribution in [3.05, 3.63) is 24.1 Å². The SMILES string of the molecule is CCc1nc2cc(OC3CCNCC3)ccc2o1. The van der Waals surface area contributed by atoms with Gasteiger partial charge < -0.3 is 14.5 Å². The van der Waals surface area contributed by atoms with E-state index in [1.807, 2.05) is 25.1 Å². The zero-order valence-corrected chi connectivity index (χ0v) is 10.6. The van der Waals surface area contributed by atoms with Gasteiger partial charge in [-0.25, -0.2) is 4.98 Å². The Morgan fingerprint density at radius 3 is 3.00 bits per heavy atom. The van der Waals surface area contributed by atoms with Gasteiger partial charge in [-0.3, -0.25) is 0 Å². The predicted molar refractivity (Wildman–Crippen MR) is 69.9 cm³/mol. The largest absolute Gasteiger partial charge is 0.490 e. The van der Waals surface area contributed by atoms with E-state index in [9.17, 15) is 0 Å². The minimum atomic E-state index is 0.321. The van der Waals surface area contributed by atoms with E-state index >= 15 is 0 Å². The molecule has 1 aromatic heterocycles. The number of aromatic nitrogens is 1. The molecule has 2 aromatic rings. The van der Waals surface area contributed by atoms with Crippen LogP contribution in [0.4, 0.5) is 0 Å². The number of nitrogens with zero attached hydrogens (tertiary/aromatic N) is 1. The van der Waals surface area contributed by atoms with Crippen molar-refractivity contribution < 1.29 is 9.15 Å². The number of ether oxygens (including phenoxy) is 1. The van der Waals surface area contributed by atoms with Gasteiger partial charge in [-0.1, -0.05) is 6.92 Å². The van der Waals surface area contributed by atoms with Crippen LogP contribution in [0.3, 0.4) is 0 Å². The summed E-state index contributed by atoms with van der Waals surface area (Å²) in [6.07, 6.45) is 3.27. The summed E-state index contributed by atoms with van der Waals surface area (Å²) < 4.78 is 11.6. The smallest absolute Gasteiger partial charge is 0.195 e. The Labute approximate surface area is 106 Å². The Kier molecular flexibility index (Phi) is 3.19. The molecular weight excluding hydrogens is 228 g/mol. The Bertz CT molecular complexity index is 530. The average Bonchev–Trinajstić information content (AvgIpc) is 2.82. The average molecular weight is 246 g/mol. The van der Waals surface area contributed by atoms with Crippen molar-refractivity contribution in [2.45, 2.75) is 32.3 Å². The van der Waals surface area contributed by atoms with Crippen LogP contribution in [-0.2, 0) is 6.42 Å². The van der Waals surface area contributed by atoms with E-state index in [2.05, 4.69) is 10.3 Å². The molecule has 96 valence electrons. The van der Waals surface area contributed by atoms with Crippen molar-refractivity contribution in [1.29, 1.82) is 0 Å². The van der Waals surface area contributed by atoms with Crippen molar-refractivity contribution in [1.82, 2.24) is 10.3 Å². The Morgan fingerprint density at radius 2 is 2.22 bits per heavy atom. The van der Waals surface area contributed by atoms with Crippen LogP contribution in [0.1, 0.15) is 25.7 Å². The molecule has 0 spiro atoms. The van der Waals surface area contributed by atoms with E-state index in [4.69, 9.17) is 9.15 Å². The lowest BCUT2D eigenvalue weighted by atomic mass is 10.1. The fourth-order valence-electron chi connectivity index (χ4n) is 2.29. The summed E-state index contributed by atoms with van der Waals surface area (Å²) in [6, 6.07) is 5.88. The van der Waals surface area contributed by atoms with Gasteiger partial charge in [0.15, 0.2) is 11.5 Å². The predicted octanol–water partition coefficient (Wildman–Crippen LogP) is 2.52. The van der Waals surface area contributed by atoms with Crippen molar-refractivity contribution in [2.75, 3.05) is 13.1 Å². The van der Waals surface area contributed by atoms with Crippen LogP contribution in [-0.4, -0.2) is 24.2 Å². The molecule has 2 heterocycles. The molecule has 1 aliphatic heterocycles. The van der Waals surface area contributed by atoms with E-state index in [0.29, 0.717) is 6.10 Å². The van der Waals surface area contributed by atoms with Gasteiger partial charge in [-0.05, 0) is 38.1 Å². The number of piperidine rings is 1. The number of benzene rings is 1. The molecule has 4 heteroatoms. The molecule has 0 saturated carbocycles. The lowest BCUT2D eigenvalue weighted by Crippen LogP contribution is -2.34. The number of hydrogen-bond donors (Lipinski definition) is 1. The second kappa shape index (κ2) is 4.98. The van der Waals surface area contributed by atoms with E-state index in [1.165, 1.54) is 0 Å². The van der Waals surface area contributed by atoms with Gasteiger partial charge in [0.05, 0.1) is 0 Å². The third-order valence-corrected chi connectivity index (χ3v) is 3.29. The molecule has 1 fully saturated rings. The fraction of sp³-hybridized carbons (Fsp3) is 0.500. The third kappa shape index (κ3) is 2.34. The molecule has 1 aromatic carbocycles. The highest BCUT2D eigenvalue weighted by Crippen LogP contribution is 2.23. The van der Waals surface area contributed by atoms with Crippen LogP contribution < -0.4 is 10.1 Å². The second-order valence-corrected chi connectivity index (χ2v) is 4.66. The number of fused-ring (bicyclic) bond motifs is 1. The maximum atomic E-state index is 5.98. The number of hydrogen-bond acceptors (Lipinski definition) is 4. The highest BCUT2D eigenvalue weighted by atomic mass is 16.5. The van der Waals surface area contributed by atoms with E-state index in [1.54, 1.807) is 0 Å². The Balaban J connectivity index is 1.79. The highest BCUT2D eigenvalue weighted by Gasteiger charge is 2.15. The molecule has 18 heavy (non-hydrogen) atoms. The minimum absolute atomic E-state index is 0.321. The lowest BCUT2D eigenvalue weighted by molar-refractivity contribution is 0.162. The minimum Gasteiger partial charge on any atom is -0.490 e. The standard InChI is InChI=1S/C14H18N2O2/c1-2-14-16-12-9-11(3-4-13(12)18-14)17-10-5-7-15-8-6-10/h3-4,9-10,15H,2,5-8H2,1H3. The molecule has 0 unspecified atom stereocenters. The molecule has 1 N–H and O–H groups in total. The third-order valence-electron chi connectivity index (χ3n) is 3.29. The molecule has 1 saturated heterocycles. The lowest BCUT2D eigenvalue weighted by Gasteiger charge is -2.23. The summed E-state index contributed by atoms with van der Waals surface area (Å²) in [5, 5.41) is 3.33. The van der Waals surface area contributed by atoms with Crippen molar-refractivity contribution in [3.8, 4) is 5.75 Å². The molecule has 0 aliphatic carbocycles. The van der Waals surface area contributed by atoms with E-state index in [0.717, 1.165) is 55.1 Å². The molecule has 0 radical (unpaired) electrons. The Hall–Kier alpha value is -1.55. The molecular formula is C14H18N2O2. The summed E-state index contributed by atoms with van der Waals surface area (Å²) in [5.41, 5.74) is 1.72. The summed E-state index contributed by atoms with van der Waals surface area (Å²) in [4.78, 5) is 4.43. The molecule has 0 amide bonds. The summed E-state index contributed by atoms with van der Waals surface area (Å²) in [7, 11) is 0. The quantitative estimate of drug-likeness (QED) is 0.904. The van der Waals surface area contributed by atoms with Crippen molar-refractivity contribution >= 4 is 11.1 Å². The number of rotatable bonds is 3. The summed E-state index contributed by atoms with van der Waals surface area (Å²) >= 11 is 0. The monoisotopic (exact) mass is 246 g/mol. The maximum absolute atomic E-state index is 5.98.